The molecule has 0 radical (unpaired) electrons. The smallest absolute Gasteiger partial charge is 0.317 e. The average Bonchev–Trinajstić information content (AvgIpc) is 2.66. The van der Waals surface area contributed by atoms with Crippen molar-refractivity contribution in [1.29, 1.82) is 0 Å². The second-order valence-electron chi connectivity index (χ2n) is 6.36. The molecule has 2 N–H and O–H groups in total. The Kier molecular flexibility index (Phi) is 5.84. The molecule has 2 aromatic rings. The van der Waals surface area contributed by atoms with Gasteiger partial charge in [0.15, 0.2) is 0 Å². The fourth-order valence-corrected chi connectivity index (χ4v) is 3.03. The first kappa shape index (κ1) is 17.9. The minimum Gasteiger partial charge on any atom is -0.506 e. The number of hydrogen-bond donors (Lipinski definition) is 2. The van der Waals surface area contributed by atoms with Gasteiger partial charge in [-0.2, -0.15) is 0 Å². The van der Waals surface area contributed by atoms with E-state index in [1.165, 1.54) is 0 Å². The molecule has 6 heteroatoms. The van der Waals surface area contributed by atoms with Gasteiger partial charge in [-0.25, -0.2) is 4.79 Å². The van der Waals surface area contributed by atoms with E-state index in [1.54, 1.807) is 17.0 Å². The molecule has 1 aliphatic heterocycles. The van der Waals surface area contributed by atoms with Crippen molar-refractivity contribution >= 4 is 11.7 Å². The van der Waals surface area contributed by atoms with Crippen LogP contribution < -0.4 is 15.0 Å². The Balaban J connectivity index is 1.39. The number of aromatic hydroxyl groups is 1. The maximum absolute atomic E-state index is 12.3. The van der Waals surface area contributed by atoms with Crippen molar-refractivity contribution in [3.8, 4) is 11.5 Å². The van der Waals surface area contributed by atoms with Crippen LogP contribution in [0.5, 0.6) is 11.5 Å². The van der Waals surface area contributed by atoms with Crippen molar-refractivity contribution in [3.63, 3.8) is 0 Å². The number of nitrogens with one attached hydrogen (secondary N) is 1. The Morgan fingerprint density at radius 2 is 1.88 bits per heavy atom. The number of rotatable bonds is 5. The number of ether oxygens (including phenoxy) is 1. The van der Waals surface area contributed by atoms with Crippen molar-refractivity contribution in [2.75, 3.05) is 44.2 Å². The molecule has 3 rings (SSSR count). The van der Waals surface area contributed by atoms with Crippen molar-refractivity contribution < 1.29 is 14.6 Å². The summed E-state index contributed by atoms with van der Waals surface area (Å²) in [6.07, 6.45) is 0. The number of hydrogen-bond acceptors (Lipinski definition) is 4. The number of piperazine rings is 1. The monoisotopic (exact) mass is 355 g/mol. The number of benzene rings is 2. The van der Waals surface area contributed by atoms with Gasteiger partial charge < -0.3 is 25.0 Å². The molecular weight excluding hydrogens is 330 g/mol. The molecule has 0 aromatic heterocycles. The number of carbonyl (C=O) groups is 1. The van der Waals surface area contributed by atoms with E-state index in [0.29, 0.717) is 39.3 Å². The summed E-state index contributed by atoms with van der Waals surface area (Å²) in [5, 5.41) is 12.8. The molecule has 6 nitrogen and oxygen atoms in total. The number of nitrogens with zero attached hydrogens (tertiary/aromatic N) is 2. The van der Waals surface area contributed by atoms with E-state index < -0.39 is 0 Å². The predicted octanol–water partition coefficient (Wildman–Crippen LogP) is 2.61. The van der Waals surface area contributed by atoms with Gasteiger partial charge in [0.25, 0.3) is 0 Å². The van der Waals surface area contributed by atoms with E-state index in [9.17, 15) is 9.90 Å². The predicted molar refractivity (Wildman–Crippen MR) is 102 cm³/mol. The third-order valence-corrected chi connectivity index (χ3v) is 4.43. The van der Waals surface area contributed by atoms with Crippen LogP contribution in [0.25, 0.3) is 0 Å². The first-order valence-corrected chi connectivity index (χ1v) is 8.88. The van der Waals surface area contributed by atoms with Crippen LogP contribution >= 0.6 is 0 Å². The molecule has 0 bridgehead atoms. The van der Waals surface area contributed by atoms with Crippen LogP contribution in [0.15, 0.2) is 48.5 Å². The second kappa shape index (κ2) is 8.47. The van der Waals surface area contributed by atoms with Gasteiger partial charge in [-0.1, -0.05) is 24.3 Å². The van der Waals surface area contributed by atoms with Crippen LogP contribution in [0.1, 0.15) is 5.56 Å². The molecule has 138 valence electrons. The molecule has 0 atom stereocenters. The molecule has 0 spiro atoms. The van der Waals surface area contributed by atoms with Crippen molar-refractivity contribution in [2.45, 2.75) is 6.92 Å². The number of urea groups is 1. The molecule has 0 unspecified atom stereocenters. The van der Waals surface area contributed by atoms with E-state index in [4.69, 9.17) is 4.74 Å². The molecule has 1 aliphatic rings. The Morgan fingerprint density at radius 3 is 2.62 bits per heavy atom. The van der Waals surface area contributed by atoms with Gasteiger partial charge in [-0.3, -0.25) is 0 Å². The summed E-state index contributed by atoms with van der Waals surface area (Å²) in [5.41, 5.74) is 1.97. The zero-order valence-corrected chi connectivity index (χ0v) is 15.0. The average molecular weight is 355 g/mol. The molecule has 0 aliphatic carbocycles. The SMILES string of the molecule is Cc1cccc(OCCNC(=O)N2CCN(c3ccccc3O)CC2)c1. The largest absolute Gasteiger partial charge is 0.506 e. The number of para-hydroxylation sites is 2. The van der Waals surface area contributed by atoms with Gasteiger partial charge in [-0.05, 0) is 36.8 Å². The molecular formula is C20H25N3O3. The standard InChI is InChI=1S/C20H25N3O3/c1-16-5-4-6-17(15-16)26-14-9-21-20(25)23-12-10-22(11-13-23)18-7-2-3-8-19(18)24/h2-8,15,24H,9-14H2,1H3,(H,21,25). The first-order chi connectivity index (χ1) is 12.6. The highest BCUT2D eigenvalue weighted by atomic mass is 16.5. The van der Waals surface area contributed by atoms with Crippen molar-refractivity contribution in [2.24, 2.45) is 0 Å². The van der Waals surface area contributed by atoms with E-state index >= 15 is 0 Å². The fourth-order valence-electron chi connectivity index (χ4n) is 3.03. The van der Waals surface area contributed by atoms with Crippen molar-refractivity contribution in [1.82, 2.24) is 10.2 Å². The molecule has 1 saturated heterocycles. The van der Waals surface area contributed by atoms with Gasteiger partial charge in [0.2, 0.25) is 0 Å². The highest BCUT2D eigenvalue weighted by Crippen LogP contribution is 2.27. The van der Waals surface area contributed by atoms with Crippen LogP contribution in [-0.4, -0.2) is 55.4 Å². The fraction of sp³-hybridized carbons (Fsp3) is 0.350. The normalized spacial score (nSPS) is 14.2. The number of anilines is 1. The van der Waals surface area contributed by atoms with Gasteiger partial charge in [0.1, 0.15) is 18.1 Å². The minimum absolute atomic E-state index is 0.0743. The first-order valence-electron chi connectivity index (χ1n) is 8.88. The van der Waals surface area contributed by atoms with Crippen LogP contribution in [0, 0.1) is 6.92 Å². The van der Waals surface area contributed by atoms with Crippen LogP contribution in [0.2, 0.25) is 0 Å². The lowest BCUT2D eigenvalue weighted by Gasteiger charge is -2.36. The quantitative estimate of drug-likeness (QED) is 0.809. The summed E-state index contributed by atoms with van der Waals surface area (Å²) in [6.45, 7) is 5.57. The summed E-state index contributed by atoms with van der Waals surface area (Å²) in [7, 11) is 0. The third-order valence-electron chi connectivity index (χ3n) is 4.43. The highest BCUT2D eigenvalue weighted by Gasteiger charge is 2.22. The Morgan fingerprint density at radius 1 is 1.12 bits per heavy atom. The lowest BCUT2D eigenvalue weighted by atomic mass is 10.2. The molecule has 1 fully saturated rings. The number of phenolic OH excluding ortho intramolecular Hbond substituents is 1. The second-order valence-corrected chi connectivity index (χ2v) is 6.36. The lowest BCUT2D eigenvalue weighted by molar-refractivity contribution is 0.191. The van der Waals surface area contributed by atoms with Crippen molar-refractivity contribution in [3.05, 3.63) is 54.1 Å². The lowest BCUT2D eigenvalue weighted by Crippen LogP contribution is -2.52. The van der Waals surface area contributed by atoms with Gasteiger partial charge >= 0.3 is 6.03 Å². The number of carbonyl (C=O) groups excluding carboxylic acids is 1. The number of amides is 2. The summed E-state index contributed by atoms with van der Waals surface area (Å²) >= 11 is 0. The summed E-state index contributed by atoms with van der Waals surface area (Å²) in [6, 6.07) is 15.1. The minimum atomic E-state index is -0.0743. The van der Waals surface area contributed by atoms with Gasteiger partial charge in [0, 0.05) is 26.2 Å². The van der Waals surface area contributed by atoms with Crippen LogP contribution in [-0.2, 0) is 0 Å². The zero-order valence-electron chi connectivity index (χ0n) is 15.0. The third kappa shape index (κ3) is 4.59. The van der Waals surface area contributed by atoms with E-state index in [0.717, 1.165) is 17.0 Å². The molecule has 2 aromatic carbocycles. The molecule has 2 amide bonds. The molecule has 26 heavy (non-hydrogen) atoms. The zero-order chi connectivity index (χ0) is 18.4. The number of aryl methyl sites for hydroxylation is 1. The Labute approximate surface area is 154 Å². The van der Waals surface area contributed by atoms with Gasteiger partial charge in [0.05, 0.1) is 12.2 Å². The summed E-state index contributed by atoms with van der Waals surface area (Å²) < 4.78 is 5.64. The number of phenols is 1. The van der Waals surface area contributed by atoms with Crippen LogP contribution in [0.4, 0.5) is 10.5 Å². The summed E-state index contributed by atoms with van der Waals surface area (Å²) in [5.74, 6) is 1.09. The maximum atomic E-state index is 12.3. The van der Waals surface area contributed by atoms with Crippen LogP contribution in [0.3, 0.4) is 0 Å². The summed E-state index contributed by atoms with van der Waals surface area (Å²) in [4.78, 5) is 16.2. The topological polar surface area (TPSA) is 65.0 Å². The van der Waals surface area contributed by atoms with E-state index in [2.05, 4.69) is 10.2 Å². The Bertz CT molecular complexity index is 743. The maximum Gasteiger partial charge on any atom is 0.317 e. The van der Waals surface area contributed by atoms with E-state index in [1.807, 2.05) is 43.3 Å². The molecule has 1 heterocycles. The molecule has 0 saturated carbocycles. The Hall–Kier alpha value is -2.89. The van der Waals surface area contributed by atoms with Gasteiger partial charge in [-0.15, -0.1) is 0 Å². The van der Waals surface area contributed by atoms with E-state index in [-0.39, 0.29) is 11.8 Å². The highest BCUT2D eigenvalue weighted by molar-refractivity contribution is 5.74.